The van der Waals surface area contributed by atoms with Gasteiger partial charge in [-0.1, -0.05) is 24.3 Å². The highest BCUT2D eigenvalue weighted by Gasteiger charge is 2.47. The molecular weight excluding hydrogens is 408 g/mol. The van der Waals surface area contributed by atoms with E-state index in [1.807, 2.05) is 6.92 Å². The summed E-state index contributed by atoms with van der Waals surface area (Å²) in [5.41, 5.74) is 1.36. The number of ether oxygens (including phenoxy) is 2. The topological polar surface area (TPSA) is 89.0 Å². The molecule has 162 valence electrons. The molecule has 1 aromatic heterocycles. The van der Waals surface area contributed by atoms with Crippen LogP contribution in [0.1, 0.15) is 24.1 Å². The highest BCUT2D eigenvalue weighted by molar-refractivity contribution is 6.51. The second-order valence-electron chi connectivity index (χ2n) is 7.09. The zero-order chi connectivity index (χ0) is 22.7. The Balaban J connectivity index is 1.94. The number of benzene rings is 2. The summed E-state index contributed by atoms with van der Waals surface area (Å²) in [6.07, 6.45) is 3.18. The number of amides is 1. The lowest BCUT2D eigenvalue weighted by Crippen LogP contribution is -2.29. The third kappa shape index (κ3) is 3.69. The molecule has 1 fully saturated rings. The van der Waals surface area contributed by atoms with Crippen molar-refractivity contribution in [2.75, 3.05) is 18.6 Å². The van der Waals surface area contributed by atoms with Crippen molar-refractivity contribution < 1.29 is 24.2 Å². The molecule has 1 unspecified atom stereocenters. The minimum absolute atomic E-state index is 0.0330. The van der Waals surface area contributed by atoms with Crippen molar-refractivity contribution in [2.24, 2.45) is 0 Å². The molecule has 4 rings (SSSR count). The van der Waals surface area contributed by atoms with Crippen LogP contribution in [0.3, 0.4) is 0 Å². The number of Topliss-reactive ketones (excluding diaryl/α,β-unsaturated/α-hetero) is 1. The monoisotopic (exact) mass is 430 g/mol. The average molecular weight is 430 g/mol. The first-order chi connectivity index (χ1) is 15.6. The minimum atomic E-state index is -0.870. The summed E-state index contributed by atoms with van der Waals surface area (Å²) >= 11 is 0. The molecular formula is C25H22N2O5. The van der Waals surface area contributed by atoms with Crippen LogP contribution in [0, 0.1) is 0 Å². The van der Waals surface area contributed by atoms with Crippen LogP contribution in [0.5, 0.6) is 11.5 Å². The largest absolute Gasteiger partial charge is 0.507 e. The molecule has 2 heterocycles. The summed E-state index contributed by atoms with van der Waals surface area (Å²) in [6, 6.07) is 16.3. The summed E-state index contributed by atoms with van der Waals surface area (Å²) in [4.78, 5) is 31.9. The van der Waals surface area contributed by atoms with Crippen LogP contribution in [0.4, 0.5) is 5.69 Å². The van der Waals surface area contributed by atoms with E-state index < -0.39 is 17.7 Å². The molecule has 7 heteroatoms. The first-order valence-corrected chi connectivity index (χ1v) is 10.1. The van der Waals surface area contributed by atoms with Gasteiger partial charge in [-0.05, 0) is 42.8 Å². The number of anilines is 1. The molecule has 0 spiro atoms. The summed E-state index contributed by atoms with van der Waals surface area (Å²) < 4.78 is 10.9. The number of nitrogens with zero attached hydrogens (tertiary/aromatic N) is 2. The van der Waals surface area contributed by atoms with Crippen molar-refractivity contribution in [1.82, 2.24) is 4.98 Å². The zero-order valence-electron chi connectivity index (χ0n) is 17.7. The average Bonchev–Trinajstić information content (AvgIpc) is 3.10. The van der Waals surface area contributed by atoms with Crippen LogP contribution in [0.25, 0.3) is 5.76 Å². The maximum absolute atomic E-state index is 13.2. The van der Waals surface area contributed by atoms with Gasteiger partial charge in [0.2, 0.25) is 0 Å². The Bertz CT molecular complexity index is 1190. The predicted octanol–water partition coefficient (Wildman–Crippen LogP) is 4.12. The lowest BCUT2D eigenvalue weighted by atomic mass is 9.96. The number of para-hydroxylation sites is 1. The highest BCUT2D eigenvalue weighted by atomic mass is 16.5. The number of rotatable bonds is 6. The van der Waals surface area contributed by atoms with Crippen LogP contribution < -0.4 is 14.4 Å². The van der Waals surface area contributed by atoms with Gasteiger partial charge in [-0.2, -0.15) is 0 Å². The fraction of sp³-hybridized carbons (Fsp3) is 0.160. The Morgan fingerprint density at radius 3 is 2.62 bits per heavy atom. The Labute approximate surface area is 185 Å². The number of carbonyl (C=O) groups is 2. The van der Waals surface area contributed by atoms with Crippen molar-refractivity contribution in [3.8, 4) is 11.5 Å². The van der Waals surface area contributed by atoms with Gasteiger partial charge in [0.1, 0.15) is 17.3 Å². The van der Waals surface area contributed by atoms with Crippen molar-refractivity contribution in [2.45, 2.75) is 13.0 Å². The molecule has 1 atom stereocenters. The van der Waals surface area contributed by atoms with Gasteiger partial charge in [-0.15, -0.1) is 0 Å². The van der Waals surface area contributed by atoms with Crippen LogP contribution >= 0.6 is 0 Å². The van der Waals surface area contributed by atoms with E-state index in [-0.39, 0.29) is 11.3 Å². The van der Waals surface area contributed by atoms with Crippen LogP contribution in [-0.2, 0) is 9.59 Å². The molecule has 7 nitrogen and oxygen atoms in total. The second-order valence-corrected chi connectivity index (χ2v) is 7.09. The lowest BCUT2D eigenvalue weighted by Gasteiger charge is -2.25. The molecule has 2 aromatic carbocycles. The number of pyridine rings is 1. The number of ketones is 1. The highest BCUT2D eigenvalue weighted by Crippen LogP contribution is 2.43. The van der Waals surface area contributed by atoms with Gasteiger partial charge in [0.15, 0.2) is 0 Å². The Kier molecular flexibility index (Phi) is 5.89. The molecule has 1 N–H and O–H groups in total. The summed E-state index contributed by atoms with van der Waals surface area (Å²) in [7, 11) is 1.47. The van der Waals surface area contributed by atoms with Gasteiger partial charge < -0.3 is 14.6 Å². The maximum Gasteiger partial charge on any atom is 0.300 e. The number of hydrogen-bond donors (Lipinski definition) is 1. The standard InChI is InChI=1S/C25H22N2O5/c1-3-32-18-10-6-9-17(14-18)27-22(16-8-7-13-26-15-16)21(24(29)25(27)30)23(28)19-11-4-5-12-20(19)31-2/h4-15,22,28H,3H2,1-2H3/b23-21+. The number of aliphatic hydroxyl groups excluding tert-OH is 1. The SMILES string of the molecule is CCOc1cccc(N2C(=O)C(=O)/C(=C(/O)c3ccccc3OC)C2c2cccnc2)c1. The van der Waals surface area contributed by atoms with E-state index >= 15 is 0 Å². The van der Waals surface area contributed by atoms with E-state index in [9.17, 15) is 14.7 Å². The van der Waals surface area contributed by atoms with Gasteiger partial charge in [-0.25, -0.2) is 0 Å². The first-order valence-electron chi connectivity index (χ1n) is 10.1. The predicted molar refractivity (Wildman–Crippen MR) is 120 cm³/mol. The van der Waals surface area contributed by atoms with Gasteiger partial charge in [-0.3, -0.25) is 19.5 Å². The Morgan fingerprint density at radius 1 is 1.09 bits per heavy atom. The molecule has 0 bridgehead atoms. The number of hydrogen-bond acceptors (Lipinski definition) is 6. The van der Waals surface area contributed by atoms with Crippen molar-refractivity contribution >= 4 is 23.1 Å². The van der Waals surface area contributed by atoms with Crippen LogP contribution in [0.15, 0.2) is 78.6 Å². The van der Waals surface area contributed by atoms with E-state index in [1.54, 1.807) is 73.1 Å². The van der Waals surface area contributed by atoms with Crippen LogP contribution in [-0.4, -0.2) is 35.5 Å². The molecule has 1 amide bonds. The third-order valence-corrected chi connectivity index (χ3v) is 5.21. The van der Waals surface area contributed by atoms with E-state index in [2.05, 4.69) is 4.98 Å². The van der Waals surface area contributed by atoms with Crippen LogP contribution in [0.2, 0.25) is 0 Å². The molecule has 32 heavy (non-hydrogen) atoms. The first kappa shape index (κ1) is 21.1. The molecule has 1 saturated heterocycles. The van der Waals surface area contributed by atoms with E-state index in [1.165, 1.54) is 12.0 Å². The number of methoxy groups -OCH3 is 1. The van der Waals surface area contributed by atoms with Gasteiger partial charge >= 0.3 is 0 Å². The van der Waals surface area contributed by atoms with Gasteiger partial charge in [0.05, 0.1) is 30.9 Å². The van der Waals surface area contributed by atoms with Crippen molar-refractivity contribution in [1.29, 1.82) is 0 Å². The van der Waals surface area contributed by atoms with E-state index in [4.69, 9.17) is 9.47 Å². The molecule has 0 aliphatic carbocycles. The van der Waals surface area contributed by atoms with E-state index in [0.29, 0.717) is 34.9 Å². The number of aliphatic hydroxyl groups is 1. The Morgan fingerprint density at radius 2 is 1.91 bits per heavy atom. The second kappa shape index (κ2) is 8.93. The van der Waals surface area contributed by atoms with E-state index in [0.717, 1.165) is 0 Å². The molecule has 0 saturated carbocycles. The fourth-order valence-corrected chi connectivity index (χ4v) is 3.83. The molecule has 1 aliphatic heterocycles. The summed E-state index contributed by atoms with van der Waals surface area (Å²) in [6.45, 7) is 2.32. The van der Waals surface area contributed by atoms with Gasteiger partial charge in [0.25, 0.3) is 11.7 Å². The van der Waals surface area contributed by atoms with Crippen molar-refractivity contribution in [3.63, 3.8) is 0 Å². The summed E-state index contributed by atoms with van der Waals surface area (Å²) in [5, 5.41) is 11.2. The maximum atomic E-state index is 13.2. The zero-order valence-corrected chi connectivity index (χ0v) is 17.7. The molecule has 0 radical (unpaired) electrons. The smallest absolute Gasteiger partial charge is 0.300 e. The minimum Gasteiger partial charge on any atom is -0.507 e. The lowest BCUT2D eigenvalue weighted by molar-refractivity contribution is -0.132. The van der Waals surface area contributed by atoms with Gasteiger partial charge in [0, 0.05) is 24.1 Å². The Hall–Kier alpha value is -4.13. The quantitative estimate of drug-likeness (QED) is 0.360. The summed E-state index contributed by atoms with van der Waals surface area (Å²) in [5.74, 6) is -0.882. The number of aromatic nitrogens is 1. The fourth-order valence-electron chi connectivity index (χ4n) is 3.83. The molecule has 1 aliphatic rings. The third-order valence-electron chi connectivity index (χ3n) is 5.21. The van der Waals surface area contributed by atoms with Crippen molar-refractivity contribution in [3.05, 3.63) is 89.8 Å². The normalized spacial score (nSPS) is 17.4. The number of carbonyl (C=O) groups excluding carboxylic acids is 2. The molecule has 3 aromatic rings.